The van der Waals surface area contributed by atoms with Gasteiger partial charge in [-0.2, -0.15) is 8.42 Å². The Hall–Kier alpha value is -1.40. The van der Waals surface area contributed by atoms with E-state index in [0.717, 1.165) is 0 Å². The van der Waals surface area contributed by atoms with E-state index < -0.39 is 16.0 Å². The van der Waals surface area contributed by atoms with Crippen molar-refractivity contribution in [2.75, 3.05) is 5.75 Å². The number of carbonyl (C=O) groups excluding carboxylic acids is 1. The normalized spacial score (nSPS) is 11.0. The summed E-state index contributed by atoms with van der Waals surface area (Å²) in [5, 5.41) is 0. The molecule has 0 unspecified atom stereocenters. The highest BCUT2D eigenvalue weighted by molar-refractivity contribution is 7.86. The minimum atomic E-state index is -3.65. The van der Waals surface area contributed by atoms with E-state index in [1.165, 1.54) is 6.92 Å². The van der Waals surface area contributed by atoms with Gasteiger partial charge in [0.25, 0.3) is 16.0 Å². The lowest BCUT2D eigenvalue weighted by atomic mass is 10.2. The van der Waals surface area contributed by atoms with E-state index in [2.05, 4.69) is 4.28 Å². The van der Waals surface area contributed by atoms with E-state index in [9.17, 15) is 13.2 Å². The number of nitrogens with one attached hydrogen (secondary N) is 1. The van der Waals surface area contributed by atoms with Gasteiger partial charge in [-0.3, -0.25) is 4.79 Å². The second-order valence-corrected chi connectivity index (χ2v) is 4.59. The van der Waals surface area contributed by atoms with E-state index >= 15 is 0 Å². The average Bonchev–Trinajstić information content (AvgIpc) is 2.27. The van der Waals surface area contributed by atoms with Crippen molar-refractivity contribution in [3.63, 3.8) is 0 Å². The van der Waals surface area contributed by atoms with Crippen molar-refractivity contribution in [3.8, 4) is 0 Å². The SMILES string of the molecule is CCS(=O)(=O)ONC(=O)c1ccccc1. The predicted molar refractivity (Wildman–Crippen MR) is 54.5 cm³/mol. The fraction of sp³-hybridized carbons (Fsp3) is 0.222. The molecular weight excluding hydrogens is 218 g/mol. The van der Waals surface area contributed by atoms with E-state index in [0.29, 0.717) is 5.56 Å². The van der Waals surface area contributed by atoms with Crippen LogP contribution in [0.1, 0.15) is 17.3 Å². The Morgan fingerprint density at radius 2 is 1.93 bits per heavy atom. The molecule has 6 heteroatoms. The van der Waals surface area contributed by atoms with Gasteiger partial charge in [-0.15, -0.1) is 4.28 Å². The standard InChI is InChI=1S/C9H11NO4S/c1-2-15(12,13)14-10-9(11)8-6-4-3-5-7-8/h3-7H,2H2,1H3,(H,10,11). The van der Waals surface area contributed by atoms with Crippen LogP contribution in [0.5, 0.6) is 0 Å². The lowest BCUT2D eigenvalue weighted by molar-refractivity contribution is 0.0771. The monoisotopic (exact) mass is 229 g/mol. The fourth-order valence-electron chi connectivity index (χ4n) is 0.809. The highest BCUT2D eigenvalue weighted by Crippen LogP contribution is 1.98. The molecule has 0 heterocycles. The summed E-state index contributed by atoms with van der Waals surface area (Å²) in [7, 11) is -3.65. The van der Waals surface area contributed by atoms with Gasteiger partial charge in [-0.05, 0) is 19.1 Å². The first-order chi connectivity index (χ1) is 7.05. The molecule has 1 rings (SSSR count). The van der Waals surface area contributed by atoms with Crippen LogP contribution in [0.15, 0.2) is 30.3 Å². The molecule has 1 aromatic carbocycles. The lowest BCUT2D eigenvalue weighted by Crippen LogP contribution is -2.27. The third-order valence-electron chi connectivity index (χ3n) is 1.65. The zero-order chi connectivity index (χ0) is 11.3. The molecule has 1 aromatic rings. The molecule has 15 heavy (non-hydrogen) atoms. The molecule has 0 aliphatic heterocycles. The third-order valence-corrected chi connectivity index (χ3v) is 2.70. The Balaban J connectivity index is 2.59. The van der Waals surface area contributed by atoms with Crippen LogP contribution in [0.2, 0.25) is 0 Å². The molecule has 0 saturated carbocycles. The van der Waals surface area contributed by atoms with Gasteiger partial charge in [0, 0.05) is 5.56 Å². The molecule has 0 bridgehead atoms. The Morgan fingerprint density at radius 1 is 1.33 bits per heavy atom. The molecule has 82 valence electrons. The molecule has 0 aliphatic carbocycles. The zero-order valence-electron chi connectivity index (χ0n) is 8.14. The van der Waals surface area contributed by atoms with E-state index in [4.69, 9.17) is 0 Å². The fourth-order valence-corrected chi connectivity index (χ4v) is 1.13. The first-order valence-corrected chi connectivity index (χ1v) is 5.89. The zero-order valence-corrected chi connectivity index (χ0v) is 8.95. The summed E-state index contributed by atoms with van der Waals surface area (Å²) in [5.41, 5.74) is 2.20. The van der Waals surface area contributed by atoms with E-state index in [1.54, 1.807) is 30.3 Å². The Bertz CT molecular complexity index is 427. The van der Waals surface area contributed by atoms with Crippen LogP contribution < -0.4 is 5.48 Å². The smallest absolute Gasteiger partial charge is 0.267 e. The van der Waals surface area contributed by atoms with Crippen LogP contribution in [0.25, 0.3) is 0 Å². The molecule has 0 saturated heterocycles. The average molecular weight is 229 g/mol. The number of rotatable bonds is 4. The van der Waals surface area contributed by atoms with Crippen molar-refractivity contribution in [1.82, 2.24) is 5.48 Å². The van der Waals surface area contributed by atoms with Crippen LogP contribution in [0.3, 0.4) is 0 Å². The quantitative estimate of drug-likeness (QED) is 0.771. The van der Waals surface area contributed by atoms with Gasteiger partial charge in [0.15, 0.2) is 0 Å². The minimum absolute atomic E-state index is 0.192. The number of hydrogen-bond acceptors (Lipinski definition) is 4. The number of hydrogen-bond donors (Lipinski definition) is 1. The largest absolute Gasteiger partial charge is 0.287 e. The summed E-state index contributed by atoms with van der Waals surface area (Å²) in [4.78, 5) is 11.3. The molecular formula is C9H11NO4S. The molecule has 0 aliphatic rings. The first-order valence-electron chi connectivity index (χ1n) is 4.31. The molecule has 5 nitrogen and oxygen atoms in total. The van der Waals surface area contributed by atoms with Gasteiger partial charge in [-0.25, -0.2) is 5.48 Å². The third kappa shape index (κ3) is 3.69. The first kappa shape index (κ1) is 11.7. The predicted octanol–water partition coefficient (Wildman–Crippen LogP) is 0.698. The van der Waals surface area contributed by atoms with Gasteiger partial charge >= 0.3 is 0 Å². The lowest BCUT2D eigenvalue weighted by Gasteiger charge is -2.04. The second-order valence-electron chi connectivity index (χ2n) is 2.73. The summed E-state index contributed by atoms with van der Waals surface area (Å²) >= 11 is 0. The van der Waals surface area contributed by atoms with Crippen LogP contribution in [0.4, 0.5) is 0 Å². The summed E-state index contributed by atoms with van der Waals surface area (Å²) in [6.45, 7) is 1.42. The van der Waals surface area contributed by atoms with Crippen LogP contribution in [-0.2, 0) is 14.4 Å². The highest BCUT2D eigenvalue weighted by atomic mass is 32.2. The Labute approximate surface area is 88.1 Å². The maximum Gasteiger partial charge on any atom is 0.287 e. The van der Waals surface area contributed by atoms with Crippen LogP contribution in [0, 0.1) is 0 Å². The summed E-state index contributed by atoms with van der Waals surface area (Å²) in [6, 6.07) is 8.20. The molecule has 0 spiro atoms. The second kappa shape index (κ2) is 4.90. The summed E-state index contributed by atoms with van der Waals surface area (Å²) in [5.74, 6) is -0.783. The highest BCUT2D eigenvalue weighted by Gasteiger charge is 2.11. The molecule has 0 radical (unpaired) electrons. The summed E-state index contributed by atoms with van der Waals surface area (Å²) in [6.07, 6.45) is 0. The van der Waals surface area contributed by atoms with Crippen molar-refractivity contribution in [2.24, 2.45) is 0 Å². The van der Waals surface area contributed by atoms with Crippen molar-refractivity contribution in [1.29, 1.82) is 0 Å². The number of carbonyl (C=O) groups is 1. The maximum absolute atomic E-state index is 11.3. The molecule has 0 aromatic heterocycles. The van der Waals surface area contributed by atoms with Crippen molar-refractivity contribution >= 4 is 16.0 Å². The number of amides is 1. The molecule has 1 amide bonds. The van der Waals surface area contributed by atoms with Crippen LogP contribution >= 0.6 is 0 Å². The van der Waals surface area contributed by atoms with Gasteiger partial charge in [-0.1, -0.05) is 18.2 Å². The van der Waals surface area contributed by atoms with E-state index in [-0.39, 0.29) is 5.75 Å². The van der Waals surface area contributed by atoms with Crippen LogP contribution in [-0.4, -0.2) is 20.1 Å². The topological polar surface area (TPSA) is 72.5 Å². The Morgan fingerprint density at radius 3 is 2.47 bits per heavy atom. The minimum Gasteiger partial charge on any atom is -0.267 e. The van der Waals surface area contributed by atoms with Gasteiger partial charge in [0.1, 0.15) is 0 Å². The van der Waals surface area contributed by atoms with E-state index in [1.807, 2.05) is 5.48 Å². The van der Waals surface area contributed by atoms with Crippen molar-refractivity contribution in [2.45, 2.75) is 6.92 Å². The number of hydroxylamine groups is 1. The van der Waals surface area contributed by atoms with Crippen molar-refractivity contribution < 1.29 is 17.5 Å². The molecule has 0 fully saturated rings. The van der Waals surface area contributed by atoms with Gasteiger partial charge < -0.3 is 0 Å². The molecule has 0 atom stereocenters. The van der Waals surface area contributed by atoms with Crippen molar-refractivity contribution in [3.05, 3.63) is 35.9 Å². The van der Waals surface area contributed by atoms with Gasteiger partial charge in [0.2, 0.25) is 0 Å². The van der Waals surface area contributed by atoms with Gasteiger partial charge in [0.05, 0.1) is 5.75 Å². The number of benzene rings is 1. The Kier molecular flexibility index (Phi) is 3.81. The summed E-state index contributed by atoms with van der Waals surface area (Å²) < 4.78 is 26.1. The maximum atomic E-state index is 11.3. The molecule has 1 N–H and O–H groups in total.